The van der Waals surface area contributed by atoms with E-state index < -0.39 is 30.3 Å². The van der Waals surface area contributed by atoms with E-state index in [1.807, 2.05) is 0 Å². The van der Waals surface area contributed by atoms with Crippen LogP contribution < -0.4 is 4.74 Å². The molecule has 138 valence electrons. The highest BCUT2D eigenvalue weighted by molar-refractivity contribution is 5.87. The quantitative estimate of drug-likeness (QED) is 0.441. The molecule has 0 saturated heterocycles. The van der Waals surface area contributed by atoms with Gasteiger partial charge in [0.25, 0.3) is 0 Å². The summed E-state index contributed by atoms with van der Waals surface area (Å²) < 4.78 is 16.5. The van der Waals surface area contributed by atoms with Crippen LogP contribution in [0.5, 0.6) is 5.75 Å². The van der Waals surface area contributed by atoms with E-state index in [1.54, 1.807) is 45.0 Å². The van der Waals surface area contributed by atoms with Crippen molar-refractivity contribution in [2.75, 3.05) is 0 Å². The van der Waals surface area contributed by atoms with E-state index in [9.17, 15) is 14.4 Å². The minimum Gasteiger partial charge on any atom is -0.481 e. The molecule has 0 aromatic heterocycles. The van der Waals surface area contributed by atoms with Crippen molar-refractivity contribution in [3.63, 3.8) is 0 Å². The van der Waals surface area contributed by atoms with Gasteiger partial charge in [-0.1, -0.05) is 18.7 Å². The van der Waals surface area contributed by atoms with Crippen LogP contribution >= 0.6 is 0 Å². The van der Waals surface area contributed by atoms with E-state index in [-0.39, 0.29) is 5.57 Å². The third kappa shape index (κ3) is 4.02. The van der Waals surface area contributed by atoms with Crippen LogP contribution in [0.25, 0.3) is 0 Å². The van der Waals surface area contributed by atoms with Crippen molar-refractivity contribution in [1.29, 1.82) is 0 Å². The van der Waals surface area contributed by atoms with Crippen molar-refractivity contribution >= 4 is 18.2 Å². The first kappa shape index (κ1) is 19.4. The lowest BCUT2D eigenvalue weighted by atomic mass is 9.99. The maximum absolute atomic E-state index is 11.9. The summed E-state index contributed by atoms with van der Waals surface area (Å²) in [6.45, 7) is 10.1. The van der Waals surface area contributed by atoms with Gasteiger partial charge in [0.1, 0.15) is 18.1 Å². The number of benzene rings is 1. The van der Waals surface area contributed by atoms with Gasteiger partial charge in [-0.05, 0) is 38.5 Å². The highest BCUT2D eigenvalue weighted by Crippen LogP contribution is 2.42. The molecule has 1 aliphatic heterocycles. The predicted octanol–water partition coefficient (Wildman–Crippen LogP) is 3.38. The number of ether oxygens (including phenoxy) is 3. The molecule has 0 radical (unpaired) electrons. The summed E-state index contributed by atoms with van der Waals surface area (Å²) in [4.78, 5) is 34.5. The van der Waals surface area contributed by atoms with Gasteiger partial charge in [-0.25, -0.2) is 4.79 Å². The highest BCUT2D eigenvalue weighted by Gasteiger charge is 2.39. The summed E-state index contributed by atoms with van der Waals surface area (Å²) in [6.07, 6.45) is 0.204. The fourth-order valence-corrected chi connectivity index (χ4v) is 2.59. The van der Waals surface area contributed by atoms with Crippen LogP contribution in [0.1, 0.15) is 51.0 Å². The van der Waals surface area contributed by atoms with Crippen molar-refractivity contribution in [2.24, 2.45) is 0 Å². The van der Waals surface area contributed by atoms with Gasteiger partial charge in [0.15, 0.2) is 12.2 Å². The van der Waals surface area contributed by atoms with Crippen LogP contribution in [0.2, 0.25) is 0 Å². The number of carbonyl (C=O) groups excluding carboxylic acids is 3. The van der Waals surface area contributed by atoms with E-state index in [4.69, 9.17) is 14.2 Å². The van der Waals surface area contributed by atoms with Crippen LogP contribution in [0, 0.1) is 0 Å². The predicted molar refractivity (Wildman–Crippen MR) is 94.5 cm³/mol. The first-order valence-electron chi connectivity index (χ1n) is 8.24. The molecule has 2 rings (SSSR count). The molecule has 1 aromatic carbocycles. The Morgan fingerprint density at radius 3 is 2.58 bits per heavy atom. The lowest BCUT2D eigenvalue weighted by molar-refractivity contribution is -0.149. The first-order chi connectivity index (χ1) is 12.3. The zero-order chi connectivity index (χ0) is 19.4. The van der Waals surface area contributed by atoms with E-state index in [0.29, 0.717) is 23.2 Å². The molecule has 0 bridgehead atoms. The molecule has 3 atom stereocenters. The first-order valence-corrected chi connectivity index (χ1v) is 8.24. The number of aldehydes is 1. The Labute approximate surface area is 152 Å². The van der Waals surface area contributed by atoms with Crippen LogP contribution in [0.3, 0.4) is 0 Å². The number of allylic oxidation sites excluding steroid dienone is 1. The van der Waals surface area contributed by atoms with Crippen LogP contribution in [-0.4, -0.2) is 24.3 Å². The summed E-state index contributed by atoms with van der Waals surface area (Å²) in [5.74, 6) is -0.402. The standard InChI is InChI=1S/C20H22O6/c1-6-11(2)20(23)24-13(4)15-7-8-17-16(9-15)19(25-14(5)22)18(26-17)12(3)10-21/h6-10,13,18-19H,3H2,1-2,4-5H3/t13-,18-,19+/m1/s1. The van der Waals surface area contributed by atoms with Crippen molar-refractivity contribution < 1.29 is 28.6 Å². The molecule has 0 fully saturated rings. The van der Waals surface area contributed by atoms with Crippen LogP contribution in [0.15, 0.2) is 42.0 Å². The molecule has 0 aliphatic carbocycles. The van der Waals surface area contributed by atoms with Gasteiger partial charge in [-0.2, -0.15) is 0 Å². The normalized spacial score (nSPS) is 19.8. The number of hydrogen-bond donors (Lipinski definition) is 0. The zero-order valence-electron chi connectivity index (χ0n) is 15.3. The topological polar surface area (TPSA) is 78.9 Å². The third-order valence-corrected chi connectivity index (χ3v) is 4.19. The van der Waals surface area contributed by atoms with Crippen molar-refractivity contribution in [3.8, 4) is 5.75 Å². The van der Waals surface area contributed by atoms with Gasteiger partial charge < -0.3 is 14.2 Å². The molecule has 6 nitrogen and oxygen atoms in total. The monoisotopic (exact) mass is 358 g/mol. The van der Waals surface area contributed by atoms with Gasteiger partial charge in [0.2, 0.25) is 0 Å². The van der Waals surface area contributed by atoms with Gasteiger partial charge in [0.05, 0.1) is 0 Å². The molecule has 0 amide bonds. The molecule has 0 N–H and O–H groups in total. The minimum atomic E-state index is -0.777. The molecular weight excluding hydrogens is 336 g/mol. The highest BCUT2D eigenvalue weighted by atomic mass is 16.6. The Morgan fingerprint density at radius 2 is 2.00 bits per heavy atom. The fraction of sp³-hybridized carbons (Fsp3) is 0.350. The maximum atomic E-state index is 11.9. The van der Waals surface area contributed by atoms with E-state index in [2.05, 4.69) is 6.58 Å². The summed E-state index contributed by atoms with van der Waals surface area (Å²) in [6, 6.07) is 5.22. The van der Waals surface area contributed by atoms with Crippen LogP contribution in [-0.2, 0) is 23.9 Å². The average molecular weight is 358 g/mol. The second kappa shape index (κ2) is 7.99. The molecule has 0 saturated carbocycles. The van der Waals surface area contributed by atoms with Gasteiger partial charge in [-0.3, -0.25) is 9.59 Å². The molecular formula is C20H22O6. The third-order valence-electron chi connectivity index (χ3n) is 4.19. The Bertz CT molecular complexity index is 777. The Balaban J connectivity index is 2.31. The summed E-state index contributed by atoms with van der Waals surface area (Å²) in [5.41, 5.74) is 2.02. The molecule has 1 heterocycles. The molecule has 1 aromatic rings. The van der Waals surface area contributed by atoms with E-state index in [1.165, 1.54) is 6.92 Å². The van der Waals surface area contributed by atoms with Gasteiger partial charge in [-0.15, -0.1) is 0 Å². The van der Waals surface area contributed by atoms with E-state index >= 15 is 0 Å². The maximum Gasteiger partial charge on any atom is 0.333 e. The molecule has 1 aliphatic rings. The van der Waals surface area contributed by atoms with Crippen molar-refractivity contribution in [1.82, 2.24) is 0 Å². The number of fused-ring (bicyclic) bond motifs is 1. The largest absolute Gasteiger partial charge is 0.481 e. The number of carbonyl (C=O) groups is 3. The van der Waals surface area contributed by atoms with Gasteiger partial charge in [0, 0.05) is 23.6 Å². The zero-order valence-corrected chi connectivity index (χ0v) is 15.3. The van der Waals surface area contributed by atoms with Gasteiger partial charge >= 0.3 is 11.9 Å². The van der Waals surface area contributed by atoms with E-state index in [0.717, 1.165) is 5.56 Å². The second-order valence-corrected chi connectivity index (χ2v) is 6.08. The second-order valence-electron chi connectivity index (χ2n) is 6.08. The lowest BCUT2D eigenvalue weighted by Gasteiger charge is -2.18. The fourth-order valence-electron chi connectivity index (χ4n) is 2.59. The number of rotatable bonds is 6. The number of esters is 2. The van der Waals surface area contributed by atoms with Crippen molar-refractivity contribution in [3.05, 3.63) is 53.1 Å². The molecule has 26 heavy (non-hydrogen) atoms. The summed E-state index contributed by atoms with van der Waals surface area (Å²) >= 11 is 0. The SMILES string of the molecule is C=C(C=O)[C@H]1Oc2ccc([C@@H](C)OC(=O)C(C)=CC)cc2[C@@H]1OC(C)=O. The molecule has 0 spiro atoms. The Morgan fingerprint density at radius 1 is 1.31 bits per heavy atom. The summed E-state index contributed by atoms with van der Waals surface area (Å²) in [7, 11) is 0. The Hall–Kier alpha value is -2.89. The lowest BCUT2D eigenvalue weighted by Crippen LogP contribution is -2.25. The summed E-state index contributed by atoms with van der Waals surface area (Å²) in [5, 5.41) is 0. The molecule has 6 heteroatoms. The molecule has 0 unspecified atom stereocenters. The Kier molecular flexibility index (Phi) is 5.97. The average Bonchev–Trinajstić information content (AvgIpc) is 2.97. The van der Waals surface area contributed by atoms with Crippen LogP contribution in [0.4, 0.5) is 0 Å². The minimum absolute atomic E-state index is 0.178. The smallest absolute Gasteiger partial charge is 0.333 e. The van der Waals surface area contributed by atoms with Crippen molar-refractivity contribution in [2.45, 2.75) is 46.0 Å². The number of hydrogen-bond acceptors (Lipinski definition) is 6.